The topological polar surface area (TPSA) is 37.0 Å². The molecule has 3 rings (SSSR count). The van der Waals surface area contributed by atoms with Crippen molar-refractivity contribution in [3.63, 3.8) is 0 Å². The van der Waals surface area contributed by atoms with Crippen LogP contribution in [0.15, 0.2) is 91.0 Å². The van der Waals surface area contributed by atoms with Crippen molar-refractivity contribution in [2.24, 2.45) is 0 Å². The van der Waals surface area contributed by atoms with Crippen molar-refractivity contribution in [3.8, 4) is 0 Å². The Kier molecular flexibility index (Phi) is 4.24. The van der Waals surface area contributed by atoms with Crippen LogP contribution in [-0.2, 0) is 15.3 Å². The van der Waals surface area contributed by atoms with E-state index >= 15 is 0 Å². The lowest BCUT2D eigenvalue weighted by molar-refractivity contribution is -0.144. The number of carbonyl (C=O) groups excluding carboxylic acids is 1. The first-order chi connectivity index (χ1) is 11.2. The standard InChI is InChI=1S/C21H17O2/c22-20(23)16-21(17-10-4-1-5-11-17,18-12-6-2-7-13-18)19-14-8-3-9-15-19/h1-15H,16H2. The Bertz CT molecular complexity index is 668. The highest BCUT2D eigenvalue weighted by Gasteiger charge is 2.38. The van der Waals surface area contributed by atoms with Crippen molar-refractivity contribution in [2.75, 3.05) is 0 Å². The van der Waals surface area contributed by atoms with Crippen LogP contribution in [0.2, 0.25) is 0 Å². The summed E-state index contributed by atoms with van der Waals surface area (Å²) in [5.74, 6) is -1.07. The fourth-order valence-electron chi connectivity index (χ4n) is 3.19. The summed E-state index contributed by atoms with van der Waals surface area (Å²) < 4.78 is 0. The first kappa shape index (κ1) is 15.0. The Labute approximate surface area is 136 Å². The van der Waals surface area contributed by atoms with Gasteiger partial charge in [-0.25, -0.2) is 9.90 Å². The first-order valence-electron chi connectivity index (χ1n) is 7.60. The average Bonchev–Trinajstić information content (AvgIpc) is 2.62. The summed E-state index contributed by atoms with van der Waals surface area (Å²) >= 11 is 0. The van der Waals surface area contributed by atoms with Gasteiger partial charge in [0.25, 0.3) is 0 Å². The molecule has 3 aromatic rings. The van der Waals surface area contributed by atoms with E-state index in [1.165, 1.54) is 0 Å². The normalized spacial score (nSPS) is 11.1. The molecule has 0 amide bonds. The minimum atomic E-state index is -1.07. The smallest absolute Gasteiger partial charge is 0.247 e. The second kappa shape index (κ2) is 6.49. The van der Waals surface area contributed by atoms with Gasteiger partial charge >= 0.3 is 5.97 Å². The number of hydrogen-bond acceptors (Lipinski definition) is 1. The van der Waals surface area contributed by atoms with Gasteiger partial charge in [0.15, 0.2) is 0 Å². The van der Waals surface area contributed by atoms with Gasteiger partial charge in [-0.2, -0.15) is 0 Å². The highest BCUT2D eigenvalue weighted by molar-refractivity contribution is 5.72. The summed E-state index contributed by atoms with van der Waals surface area (Å²) in [6.45, 7) is 0. The minimum Gasteiger partial charge on any atom is -0.247 e. The summed E-state index contributed by atoms with van der Waals surface area (Å²) in [5, 5.41) is 11.6. The Morgan fingerprint density at radius 3 is 1.17 bits per heavy atom. The van der Waals surface area contributed by atoms with E-state index in [2.05, 4.69) is 0 Å². The summed E-state index contributed by atoms with van der Waals surface area (Å²) in [6.07, 6.45) is -0.106. The molecule has 0 aliphatic carbocycles. The molecule has 3 aromatic carbocycles. The molecule has 0 aliphatic rings. The maximum absolute atomic E-state index is 11.6. The fraction of sp³-hybridized carbons (Fsp3) is 0.0952. The molecule has 0 atom stereocenters. The lowest BCUT2D eigenvalue weighted by Gasteiger charge is -2.34. The molecule has 113 valence electrons. The van der Waals surface area contributed by atoms with Crippen LogP contribution in [0.5, 0.6) is 0 Å². The molecule has 0 spiro atoms. The fourth-order valence-corrected chi connectivity index (χ4v) is 3.19. The van der Waals surface area contributed by atoms with E-state index in [9.17, 15) is 9.90 Å². The second-order valence-corrected chi connectivity index (χ2v) is 5.55. The van der Waals surface area contributed by atoms with Crippen molar-refractivity contribution in [1.82, 2.24) is 0 Å². The number of carbonyl (C=O) groups is 1. The van der Waals surface area contributed by atoms with E-state index in [0.29, 0.717) is 0 Å². The van der Waals surface area contributed by atoms with Crippen LogP contribution in [0, 0.1) is 0 Å². The van der Waals surface area contributed by atoms with Crippen molar-refractivity contribution in [1.29, 1.82) is 0 Å². The van der Waals surface area contributed by atoms with Gasteiger partial charge in [-0.15, -0.1) is 0 Å². The molecule has 0 aromatic heterocycles. The van der Waals surface area contributed by atoms with Gasteiger partial charge in [0, 0.05) is 0 Å². The second-order valence-electron chi connectivity index (χ2n) is 5.55. The van der Waals surface area contributed by atoms with Crippen LogP contribution in [0.4, 0.5) is 0 Å². The van der Waals surface area contributed by atoms with Crippen LogP contribution in [0.3, 0.4) is 0 Å². The van der Waals surface area contributed by atoms with Gasteiger partial charge in [-0.1, -0.05) is 91.0 Å². The van der Waals surface area contributed by atoms with Crippen molar-refractivity contribution in [3.05, 3.63) is 108 Å². The van der Waals surface area contributed by atoms with Crippen molar-refractivity contribution < 1.29 is 9.90 Å². The molecule has 0 fully saturated rings. The average molecular weight is 301 g/mol. The lowest BCUT2D eigenvalue weighted by Crippen LogP contribution is -2.32. The zero-order valence-electron chi connectivity index (χ0n) is 12.7. The van der Waals surface area contributed by atoms with Crippen LogP contribution in [0.1, 0.15) is 23.1 Å². The highest BCUT2D eigenvalue weighted by atomic mass is 16.4. The van der Waals surface area contributed by atoms with Gasteiger partial charge < -0.3 is 0 Å². The summed E-state index contributed by atoms with van der Waals surface area (Å²) in [5.41, 5.74) is 2.08. The lowest BCUT2D eigenvalue weighted by atomic mass is 9.67. The van der Waals surface area contributed by atoms with E-state index in [-0.39, 0.29) is 6.42 Å². The molecule has 2 nitrogen and oxygen atoms in total. The van der Waals surface area contributed by atoms with Gasteiger partial charge in [0.1, 0.15) is 0 Å². The minimum absolute atomic E-state index is 0.106. The van der Waals surface area contributed by atoms with E-state index in [0.717, 1.165) is 16.7 Å². The van der Waals surface area contributed by atoms with E-state index in [1.807, 2.05) is 91.0 Å². The zero-order chi connectivity index (χ0) is 16.1. The van der Waals surface area contributed by atoms with E-state index in [1.54, 1.807) is 0 Å². The molecule has 23 heavy (non-hydrogen) atoms. The zero-order valence-corrected chi connectivity index (χ0v) is 12.7. The van der Waals surface area contributed by atoms with Gasteiger partial charge in [0.05, 0.1) is 11.8 Å². The molecule has 1 radical (unpaired) electrons. The van der Waals surface area contributed by atoms with Crippen LogP contribution < -0.4 is 0 Å². The summed E-state index contributed by atoms with van der Waals surface area (Å²) in [7, 11) is 0. The predicted octanol–water partition coefficient (Wildman–Crippen LogP) is 4.37. The third kappa shape index (κ3) is 2.88. The van der Waals surface area contributed by atoms with E-state index in [4.69, 9.17) is 0 Å². The van der Waals surface area contributed by atoms with Crippen molar-refractivity contribution >= 4 is 5.97 Å². The summed E-state index contributed by atoms with van der Waals surface area (Å²) in [6, 6.07) is 29.3. The maximum atomic E-state index is 11.6. The molecule has 2 heteroatoms. The third-order valence-electron chi connectivity index (χ3n) is 4.21. The number of rotatable bonds is 5. The molecular weight excluding hydrogens is 284 g/mol. The van der Waals surface area contributed by atoms with E-state index < -0.39 is 11.4 Å². The highest BCUT2D eigenvalue weighted by Crippen LogP contribution is 2.42. The maximum Gasteiger partial charge on any atom is 0.357 e. The Morgan fingerprint density at radius 1 is 0.609 bits per heavy atom. The Hall–Kier alpha value is -2.87. The molecule has 0 saturated heterocycles. The molecular formula is C21H17O2. The number of benzene rings is 3. The Balaban J connectivity index is 2.32. The third-order valence-corrected chi connectivity index (χ3v) is 4.21. The SMILES string of the molecule is [O]C(=O)CC(c1ccccc1)(c1ccccc1)c1ccccc1. The monoisotopic (exact) mass is 301 g/mol. The van der Waals surface area contributed by atoms with Gasteiger partial charge in [0.2, 0.25) is 0 Å². The van der Waals surface area contributed by atoms with Crippen LogP contribution >= 0.6 is 0 Å². The molecule has 0 aliphatic heterocycles. The largest absolute Gasteiger partial charge is 0.357 e. The number of hydrogen-bond donors (Lipinski definition) is 0. The molecule has 0 N–H and O–H groups in total. The van der Waals surface area contributed by atoms with Crippen molar-refractivity contribution in [2.45, 2.75) is 11.8 Å². The van der Waals surface area contributed by atoms with Gasteiger partial charge in [-0.3, -0.25) is 0 Å². The first-order valence-corrected chi connectivity index (χ1v) is 7.60. The molecule has 0 unspecified atom stereocenters. The summed E-state index contributed by atoms with van der Waals surface area (Å²) in [4.78, 5) is 11.6. The van der Waals surface area contributed by atoms with Crippen LogP contribution in [-0.4, -0.2) is 5.97 Å². The quantitative estimate of drug-likeness (QED) is 0.645. The molecule has 0 saturated carbocycles. The molecule has 0 bridgehead atoms. The predicted molar refractivity (Wildman–Crippen MR) is 89.5 cm³/mol. The van der Waals surface area contributed by atoms with Gasteiger partial charge in [-0.05, 0) is 16.7 Å². The molecule has 0 heterocycles. The Morgan fingerprint density at radius 2 is 0.913 bits per heavy atom. The van der Waals surface area contributed by atoms with Crippen LogP contribution in [0.25, 0.3) is 0 Å².